The van der Waals surface area contributed by atoms with Crippen molar-refractivity contribution in [3.05, 3.63) is 64.7 Å². The van der Waals surface area contributed by atoms with Crippen LogP contribution in [0.3, 0.4) is 0 Å². The van der Waals surface area contributed by atoms with E-state index in [1.54, 1.807) is 11.0 Å². The van der Waals surface area contributed by atoms with Crippen LogP contribution in [0, 0.1) is 5.92 Å². The topological polar surface area (TPSA) is 49.4 Å². The number of hydrogen-bond acceptors (Lipinski definition) is 2. The average molecular weight is 369 g/mol. The van der Waals surface area contributed by atoms with E-state index in [-0.39, 0.29) is 30.2 Å². The molecule has 2 unspecified atom stereocenters. The van der Waals surface area contributed by atoms with Gasteiger partial charge in [-0.3, -0.25) is 9.59 Å². The van der Waals surface area contributed by atoms with Gasteiger partial charge in [-0.05, 0) is 42.5 Å². The molecule has 0 aromatic heterocycles. The SMILES string of the molecule is O=C(NC1CCCc2ccccc21)C1CC(=O)N(c2ccccc2Cl)C1. The van der Waals surface area contributed by atoms with Gasteiger partial charge in [0.05, 0.1) is 22.7 Å². The molecule has 0 bridgehead atoms. The number of halogens is 1. The second kappa shape index (κ2) is 7.12. The molecule has 1 aliphatic carbocycles. The number of aryl methyl sites for hydroxylation is 1. The minimum atomic E-state index is -0.340. The molecular weight excluding hydrogens is 348 g/mol. The van der Waals surface area contributed by atoms with Crippen LogP contribution in [-0.2, 0) is 16.0 Å². The molecule has 1 aliphatic heterocycles. The predicted octanol–water partition coefficient (Wildman–Crippen LogP) is 3.89. The van der Waals surface area contributed by atoms with Crippen molar-refractivity contribution in [2.24, 2.45) is 5.92 Å². The number of fused-ring (bicyclic) bond motifs is 1. The van der Waals surface area contributed by atoms with Gasteiger partial charge in [0, 0.05) is 13.0 Å². The lowest BCUT2D eigenvalue weighted by Gasteiger charge is -2.27. The van der Waals surface area contributed by atoms with E-state index >= 15 is 0 Å². The van der Waals surface area contributed by atoms with Gasteiger partial charge in [0.2, 0.25) is 11.8 Å². The Bertz CT molecular complexity index is 851. The quantitative estimate of drug-likeness (QED) is 0.893. The van der Waals surface area contributed by atoms with Crippen molar-refractivity contribution in [3.8, 4) is 0 Å². The Labute approximate surface area is 158 Å². The summed E-state index contributed by atoms with van der Waals surface area (Å²) in [5, 5.41) is 3.70. The third-order valence-electron chi connectivity index (χ3n) is 5.32. The molecule has 1 saturated heterocycles. The van der Waals surface area contributed by atoms with Crippen molar-refractivity contribution < 1.29 is 9.59 Å². The van der Waals surface area contributed by atoms with Crippen LogP contribution in [0.2, 0.25) is 5.02 Å². The van der Waals surface area contributed by atoms with Crippen LogP contribution in [0.1, 0.15) is 36.4 Å². The van der Waals surface area contributed by atoms with Gasteiger partial charge < -0.3 is 10.2 Å². The zero-order chi connectivity index (χ0) is 18.1. The second-order valence-electron chi connectivity index (χ2n) is 7.01. The molecule has 2 atom stereocenters. The van der Waals surface area contributed by atoms with Gasteiger partial charge in [-0.2, -0.15) is 0 Å². The number of nitrogens with zero attached hydrogens (tertiary/aromatic N) is 1. The highest BCUT2D eigenvalue weighted by Crippen LogP contribution is 2.33. The molecule has 0 radical (unpaired) electrons. The zero-order valence-corrected chi connectivity index (χ0v) is 15.2. The molecule has 4 nitrogen and oxygen atoms in total. The maximum Gasteiger partial charge on any atom is 0.227 e. The van der Waals surface area contributed by atoms with Crippen LogP contribution < -0.4 is 10.2 Å². The smallest absolute Gasteiger partial charge is 0.227 e. The van der Waals surface area contributed by atoms with Crippen LogP contribution >= 0.6 is 11.6 Å². The fraction of sp³-hybridized carbons (Fsp3) is 0.333. The summed E-state index contributed by atoms with van der Waals surface area (Å²) in [5.41, 5.74) is 3.20. The van der Waals surface area contributed by atoms with E-state index in [1.807, 2.05) is 30.3 Å². The summed E-state index contributed by atoms with van der Waals surface area (Å²) < 4.78 is 0. The molecule has 1 N–H and O–H groups in total. The van der Waals surface area contributed by atoms with E-state index in [0.717, 1.165) is 19.3 Å². The molecule has 2 aromatic carbocycles. The monoisotopic (exact) mass is 368 g/mol. The third-order valence-corrected chi connectivity index (χ3v) is 5.64. The van der Waals surface area contributed by atoms with Crippen molar-refractivity contribution in [2.45, 2.75) is 31.7 Å². The van der Waals surface area contributed by atoms with Crippen LogP contribution in [-0.4, -0.2) is 18.4 Å². The normalized spacial score (nSPS) is 22.2. The average Bonchev–Trinajstić information content (AvgIpc) is 3.04. The molecule has 0 spiro atoms. The lowest BCUT2D eigenvalue weighted by molar-refractivity contribution is -0.127. The van der Waals surface area contributed by atoms with Gasteiger partial charge in [-0.25, -0.2) is 0 Å². The van der Waals surface area contributed by atoms with Crippen LogP contribution in [0.4, 0.5) is 5.69 Å². The summed E-state index contributed by atoms with van der Waals surface area (Å²) in [6.45, 7) is 0.378. The first kappa shape index (κ1) is 17.1. The van der Waals surface area contributed by atoms with Gasteiger partial charge in [0.15, 0.2) is 0 Å². The largest absolute Gasteiger partial charge is 0.349 e. The summed E-state index contributed by atoms with van der Waals surface area (Å²) in [6.07, 6.45) is 3.30. The molecular formula is C21H21ClN2O2. The van der Waals surface area contributed by atoms with Crippen molar-refractivity contribution in [1.29, 1.82) is 0 Å². The van der Waals surface area contributed by atoms with E-state index in [9.17, 15) is 9.59 Å². The number of benzene rings is 2. The molecule has 5 heteroatoms. The highest BCUT2D eigenvalue weighted by molar-refractivity contribution is 6.33. The van der Waals surface area contributed by atoms with E-state index in [2.05, 4.69) is 17.4 Å². The summed E-state index contributed by atoms with van der Waals surface area (Å²) in [7, 11) is 0. The summed E-state index contributed by atoms with van der Waals surface area (Å²) >= 11 is 6.21. The summed E-state index contributed by atoms with van der Waals surface area (Å²) in [4.78, 5) is 26.9. The summed E-state index contributed by atoms with van der Waals surface area (Å²) in [5.74, 6) is -0.440. The lowest BCUT2D eigenvalue weighted by atomic mass is 9.87. The lowest BCUT2D eigenvalue weighted by Crippen LogP contribution is -2.36. The molecule has 1 fully saturated rings. The van der Waals surface area contributed by atoms with Gasteiger partial charge >= 0.3 is 0 Å². The molecule has 26 heavy (non-hydrogen) atoms. The maximum absolute atomic E-state index is 12.8. The Morgan fingerprint density at radius 2 is 1.88 bits per heavy atom. The highest BCUT2D eigenvalue weighted by Gasteiger charge is 2.37. The molecule has 2 amide bonds. The van der Waals surface area contributed by atoms with Gasteiger partial charge in [0.25, 0.3) is 0 Å². The maximum atomic E-state index is 12.8. The molecule has 4 rings (SSSR count). The van der Waals surface area contributed by atoms with Crippen molar-refractivity contribution in [2.75, 3.05) is 11.4 Å². The Morgan fingerprint density at radius 3 is 2.73 bits per heavy atom. The number of nitrogens with one attached hydrogen (secondary N) is 1. The molecule has 134 valence electrons. The minimum absolute atomic E-state index is 0.0388. The van der Waals surface area contributed by atoms with Gasteiger partial charge in [-0.1, -0.05) is 48.0 Å². The predicted molar refractivity (Wildman–Crippen MR) is 102 cm³/mol. The van der Waals surface area contributed by atoms with E-state index < -0.39 is 0 Å². The number of para-hydroxylation sites is 1. The number of carbonyl (C=O) groups is 2. The van der Waals surface area contributed by atoms with Crippen molar-refractivity contribution in [3.63, 3.8) is 0 Å². The van der Waals surface area contributed by atoms with E-state index in [4.69, 9.17) is 11.6 Å². The fourth-order valence-corrected chi connectivity index (χ4v) is 4.22. The number of anilines is 1. The first-order valence-corrected chi connectivity index (χ1v) is 9.44. The van der Waals surface area contributed by atoms with Crippen LogP contribution in [0.15, 0.2) is 48.5 Å². The fourth-order valence-electron chi connectivity index (χ4n) is 3.98. The minimum Gasteiger partial charge on any atom is -0.349 e. The first-order chi connectivity index (χ1) is 12.6. The highest BCUT2D eigenvalue weighted by atomic mass is 35.5. The van der Waals surface area contributed by atoms with Crippen molar-refractivity contribution >= 4 is 29.1 Å². The summed E-state index contributed by atoms with van der Waals surface area (Å²) in [6, 6.07) is 15.6. The van der Waals surface area contributed by atoms with E-state index in [1.165, 1.54) is 11.1 Å². The number of amides is 2. The first-order valence-electron chi connectivity index (χ1n) is 9.06. The Hall–Kier alpha value is -2.33. The van der Waals surface area contributed by atoms with Gasteiger partial charge in [-0.15, -0.1) is 0 Å². The van der Waals surface area contributed by atoms with Crippen molar-refractivity contribution in [1.82, 2.24) is 5.32 Å². The molecule has 2 aliphatic rings. The molecule has 1 heterocycles. The zero-order valence-electron chi connectivity index (χ0n) is 14.5. The van der Waals surface area contributed by atoms with Gasteiger partial charge in [0.1, 0.15) is 0 Å². The van der Waals surface area contributed by atoms with Crippen LogP contribution in [0.25, 0.3) is 0 Å². The number of carbonyl (C=O) groups excluding carboxylic acids is 2. The Morgan fingerprint density at radius 1 is 1.12 bits per heavy atom. The Kier molecular flexibility index (Phi) is 4.68. The molecule has 0 saturated carbocycles. The second-order valence-corrected chi connectivity index (χ2v) is 7.42. The van der Waals surface area contributed by atoms with Crippen LogP contribution in [0.5, 0.6) is 0 Å². The Balaban J connectivity index is 1.47. The molecule has 2 aromatic rings. The number of rotatable bonds is 3. The third kappa shape index (κ3) is 3.21. The van der Waals surface area contributed by atoms with E-state index in [0.29, 0.717) is 17.3 Å². The standard InChI is InChI=1S/C21H21ClN2O2/c22-17-9-3-4-11-19(17)24-13-15(12-20(24)25)21(26)23-18-10-5-7-14-6-1-2-8-16(14)18/h1-4,6,8-9,11,15,18H,5,7,10,12-13H2,(H,23,26). The number of hydrogen-bond donors (Lipinski definition) is 1.